The molecule has 0 fully saturated rings. The van der Waals surface area contributed by atoms with E-state index in [1.54, 1.807) is 6.07 Å². The molecule has 1 aromatic rings. The summed E-state index contributed by atoms with van der Waals surface area (Å²) in [5.41, 5.74) is 10.1. The minimum absolute atomic E-state index is 0.346. The SMILES string of the molecule is CCc1c(N)cc(O)c(CC)c1CC. The minimum Gasteiger partial charge on any atom is -0.508 e. The molecule has 0 aliphatic heterocycles. The van der Waals surface area contributed by atoms with E-state index in [1.807, 2.05) is 0 Å². The number of nitrogen functional groups attached to an aromatic ring is 1. The second-order valence-electron chi connectivity index (χ2n) is 3.48. The van der Waals surface area contributed by atoms with Crippen LogP contribution >= 0.6 is 0 Å². The second kappa shape index (κ2) is 4.36. The Morgan fingerprint density at radius 3 is 1.93 bits per heavy atom. The van der Waals surface area contributed by atoms with Crippen molar-refractivity contribution in [2.45, 2.75) is 40.0 Å². The van der Waals surface area contributed by atoms with Crippen LogP contribution < -0.4 is 5.73 Å². The van der Waals surface area contributed by atoms with Gasteiger partial charge in [0.25, 0.3) is 0 Å². The molecule has 1 rings (SSSR count). The summed E-state index contributed by atoms with van der Waals surface area (Å²) in [4.78, 5) is 0. The molecule has 0 aliphatic carbocycles. The van der Waals surface area contributed by atoms with E-state index < -0.39 is 0 Å². The first-order valence-electron chi connectivity index (χ1n) is 5.27. The van der Waals surface area contributed by atoms with Crippen LogP contribution in [-0.4, -0.2) is 5.11 Å². The number of hydrogen-bond acceptors (Lipinski definition) is 2. The Balaban J connectivity index is 3.43. The third kappa shape index (κ3) is 1.69. The number of nitrogens with two attached hydrogens (primary N) is 1. The van der Waals surface area contributed by atoms with Gasteiger partial charge in [-0.05, 0) is 36.0 Å². The van der Waals surface area contributed by atoms with Gasteiger partial charge < -0.3 is 10.8 Å². The van der Waals surface area contributed by atoms with Crippen molar-refractivity contribution >= 4 is 5.69 Å². The van der Waals surface area contributed by atoms with E-state index in [-0.39, 0.29) is 0 Å². The summed E-state index contributed by atoms with van der Waals surface area (Å²) in [6.45, 7) is 6.26. The van der Waals surface area contributed by atoms with Gasteiger partial charge in [-0.15, -0.1) is 0 Å². The zero-order valence-electron chi connectivity index (χ0n) is 9.22. The fourth-order valence-corrected chi connectivity index (χ4v) is 2.07. The van der Waals surface area contributed by atoms with Crippen molar-refractivity contribution in [3.05, 3.63) is 22.8 Å². The highest BCUT2D eigenvalue weighted by Gasteiger charge is 2.12. The van der Waals surface area contributed by atoms with E-state index in [4.69, 9.17) is 5.73 Å². The Labute approximate surface area is 85.8 Å². The Morgan fingerprint density at radius 2 is 1.50 bits per heavy atom. The number of benzene rings is 1. The molecule has 0 unspecified atom stereocenters. The summed E-state index contributed by atoms with van der Waals surface area (Å²) in [6.07, 6.45) is 2.73. The van der Waals surface area contributed by atoms with Crippen molar-refractivity contribution in [1.29, 1.82) is 0 Å². The van der Waals surface area contributed by atoms with Gasteiger partial charge >= 0.3 is 0 Å². The van der Waals surface area contributed by atoms with E-state index in [0.717, 1.165) is 30.5 Å². The molecule has 0 atom stereocenters. The lowest BCUT2D eigenvalue weighted by Crippen LogP contribution is -2.03. The molecule has 0 aliphatic rings. The molecule has 14 heavy (non-hydrogen) atoms. The Hall–Kier alpha value is -1.18. The summed E-state index contributed by atoms with van der Waals surface area (Å²) in [5.74, 6) is 0.346. The largest absolute Gasteiger partial charge is 0.508 e. The quantitative estimate of drug-likeness (QED) is 0.725. The summed E-state index contributed by atoms with van der Waals surface area (Å²) in [6, 6.07) is 1.68. The summed E-state index contributed by atoms with van der Waals surface area (Å²) < 4.78 is 0. The van der Waals surface area contributed by atoms with Gasteiger partial charge in [-0.1, -0.05) is 20.8 Å². The number of phenolic OH excluding ortho intramolecular Hbond substituents is 1. The third-order valence-corrected chi connectivity index (χ3v) is 2.74. The maximum atomic E-state index is 9.74. The van der Waals surface area contributed by atoms with Gasteiger partial charge in [-0.2, -0.15) is 0 Å². The summed E-state index contributed by atoms with van der Waals surface area (Å²) >= 11 is 0. The van der Waals surface area contributed by atoms with Gasteiger partial charge in [0.05, 0.1) is 0 Å². The molecule has 2 heteroatoms. The lowest BCUT2D eigenvalue weighted by molar-refractivity contribution is 0.468. The van der Waals surface area contributed by atoms with Crippen LogP contribution in [0.15, 0.2) is 6.07 Å². The fraction of sp³-hybridized carbons (Fsp3) is 0.500. The normalized spacial score (nSPS) is 10.5. The smallest absolute Gasteiger partial charge is 0.121 e. The van der Waals surface area contributed by atoms with Crippen molar-refractivity contribution in [2.24, 2.45) is 0 Å². The van der Waals surface area contributed by atoms with Crippen molar-refractivity contribution in [2.75, 3.05) is 5.73 Å². The molecule has 0 aromatic heterocycles. The Kier molecular flexibility index (Phi) is 3.39. The minimum atomic E-state index is 0.346. The predicted octanol–water partition coefficient (Wildman–Crippen LogP) is 2.66. The number of anilines is 1. The van der Waals surface area contributed by atoms with Crippen LogP contribution in [0, 0.1) is 0 Å². The van der Waals surface area contributed by atoms with Crippen molar-refractivity contribution in [3.63, 3.8) is 0 Å². The number of aromatic hydroxyl groups is 1. The molecular weight excluding hydrogens is 174 g/mol. The first-order chi connectivity index (χ1) is 6.65. The lowest BCUT2D eigenvalue weighted by Gasteiger charge is -2.15. The van der Waals surface area contributed by atoms with Crippen LogP contribution in [0.3, 0.4) is 0 Å². The highest BCUT2D eigenvalue weighted by molar-refractivity contribution is 5.59. The van der Waals surface area contributed by atoms with Crippen LogP contribution in [0.25, 0.3) is 0 Å². The molecule has 0 bridgehead atoms. The van der Waals surface area contributed by atoms with E-state index >= 15 is 0 Å². The zero-order chi connectivity index (χ0) is 10.7. The van der Waals surface area contributed by atoms with E-state index in [2.05, 4.69) is 20.8 Å². The van der Waals surface area contributed by atoms with Crippen LogP contribution in [0.4, 0.5) is 5.69 Å². The zero-order valence-corrected chi connectivity index (χ0v) is 9.22. The molecule has 0 heterocycles. The highest BCUT2D eigenvalue weighted by atomic mass is 16.3. The number of rotatable bonds is 3. The lowest BCUT2D eigenvalue weighted by atomic mass is 9.93. The first kappa shape index (κ1) is 10.9. The van der Waals surface area contributed by atoms with Gasteiger partial charge in [0.1, 0.15) is 5.75 Å². The van der Waals surface area contributed by atoms with Gasteiger partial charge in [0.2, 0.25) is 0 Å². The summed E-state index contributed by atoms with van der Waals surface area (Å²) in [5, 5.41) is 9.74. The van der Waals surface area contributed by atoms with Crippen molar-refractivity contribution in [3.8, 4) is 5.75 Å². The van der Waals surface area contributed by atoms with E-state index in [9.17, 15) is 5.11 Å². The standard InChI is InChI=1S/C12H19NO/c1-4-8-9(5-2)11(13)7-12(14)10(8)6-3/h7,14H,4-6,13H2,1-3H3. The fourth-order valence-electron chi connectivity index (χ4n) is 2.07. The Bertz CT molecular complexity index is 303. The maximum Gasteiger partial charge on any atom is 0.121 e. The van der Waals surface area contributed by atoms with Crippen LogP contribution in [0.2, 0.25) is 0 Å². The molecule has 0 amide bonds. The Morgan fingerprint density at radius 1 is 1.00 bits per heavy atom. The second-order valence-corrected chi connectivity index (χ2v) is 3.48. The first-order valence-corrected chi connectivity index (χ1v) is 5.27. The molecule has 0 spiro atoms. The highest BCUT2D eigenvalue weighted by Crippen LogP contribution is 2.30. The molecule has 78 valence electrons. The molecule has 0 radical (unpaired) electrons. The van der Waals surface area contributed by atoms with Crippen LogP contribution in [-0.2, 0) is 19.3 Å². The molecule has 0 saturated carbocycles. The van der Waals surface area contributed by atoms with Crippen molar-refractivity contribution in [1.82, 2.24) is 0 Å². The van der Waals surface area contributed by atoms with Crippen LogP contribution in [0.5, 0.6) is 5.75 Å². The van der Waals surface area contributed by atoms with Gasteiger partial charge in [-0.3, -0.25) is 0 Å². The van der Waals surface area contributed by atoms with Gasteiger partial charge in [0.15, 0.2) is 0 Å². The monoisotopic (exact) mass is 193 g/mol. The average molecular weight is 193 g/mol. The van der Waals surface area contributed by atoms with Gasteiger partial charge in [0, 0.05) is 11.8 Å². The number of hydrogen-bond donors (Lipinski definition) is 2. The van der Waals surface area contributed by atoms with Crippen molar-refractivity contribution < 1.29 is 5.11 Å². The summed E-state index contributed by atoms with van der Waals surface area (Å²) in [7, 11) is 0. The molecule has 2 nitrogen and oxygen atoms in total. The van der Waals surface area contributed by atoms with Crippen LogP contribution in [0.1, 0.15) is 37.5 Å². The van der Waals surface area contributed by atoms with E-state index in [0.29, 0.717) is 5.75 Å². The predicted molar refractivity (Wildman–Crippen MR) is 60.7 cm³/mol. The molecule has 1 aromatic carbocycles. The number of phenols is 1. The molecular formula is C12H19NO. The topological polar surface area (TPSA) is 46.2 Å². The third-order valence-electron chi connectivity index (χ3n) is 2.74. The average Bonchev–Trinajstić information content (AvgIpc) is 2.16. The van der Waals surface area contributed by atoms with E-state index in [1.165, 1.54) is 11.1 Å². The molecule has 0 saturated heterocycles. The molecule has 3 N–H and O–H groups in total. The van der Waals surface area contributed by atoms with Gasteiger partial charge in [-0.25, -0.2) is 0 Å². The maximum absolute atomic E-state index is 9.74.